The highest BCUT2D eigenvalue weighted by Crippen LogP contribution is 2.37. The van der Waals surface area contributed by atoms with Gasteiger partial charge in [-0.2, -0.15) is 0 Å². The van der Waals surface area contributed by atoms with E-state index in [1.807, 2.05) is 36.4 Å². The highest BCUT2D eigenvalue weighted by Gasteiger charge is 2.33. The van der Waals surface area contributed by atoms with Gasteiger partial charge in [-0.1, -0.05) is 66.2 Å². The van der Waals surface area contributed by atoms with Gasteiger partial charge in [0.25, 0.3) is 5.91 Å². The molecule has 7 heteroatoms. The largest absolute Gasteiger partial charge is 0.457 e. The number of nitrogens with zero attached hydrogens (tertiary/aromatic N) is 1. The molecule has 0 bridgehead atoms. The predicted octanol–water partition coefficient (Wildman–Crippen LogP) is 7.22. The molecule has 1 amide bonds. The molecule has 0 radical (unpaired) electrons. The summed E-state index contributed by atoms with van der Waals surface area (Å²) in [5.41, 5.74) is 2.78. The van der Waals surface area contributed by atoms with E-state index in [1.54, 1.807) is 29.2 Å². The predicted molar refractivity (Wildman–Crippen MR) is 126 cm³/mol. The Hall–Kier alpha value is -2.05. The Morgan fingerprint density at radius 1 is 1.07 bits per heavy atom. The molecule has 1 aliphatic rings. The third-order valence-corrected chi connectivity index (χ3v) is 6.54. The molecular weight excluding hydrogens is 445 g/mol. The molecule has 2 aromatic carbocycles. The van der Waals surface area contributed by atoms with Crippen molar-refractivity contribution in [1.82, 2.24) is 0 Å². The fourth-order valence-corrected chi connectivity index (χ4v) is 4.51. The van der Waals surface area contributed by atoms with Crippen LogP contribution < -0.4 is 4.90 Å². The van der Waals surface area contributed by atoms with Crippen LogP contribution in [0.3, 0.4) is 0 Å². The lowest BCUT2D eigenvalue weighted by Crippen LogP contribution is -2.27. The van der Waals surface area contributed by atoms with Crippen LogP contribution in [0.5, 0.6) is 0 Å². The third kappa shape index (κ3) is 4.14. The second-order valence-corrected chi connectivity index (χ2v) is 8.86. The topological polar surface area (TPSA) is 33.5 Å². The first kappa shape index (κ1) is 20.2. The monoisotopic (exact) mass is 459 g/mol. The van der Waals surface area contributed by atoms with Crippen molar-refractivity contribution >= 4 is 69.2 Å². The Bertz CT molecular complexity index is 1140. The van der Waals surface area contributed by atoms with Crippen LogP contribution in [-0.2, 0) is 11.2 Å². The summed E-state index contributed by atoms with van der Waals surface area (Å²) in [6.45, 7) is 2.09. The Kier molecular flexibility index (Phi) is 5.83. The number of hydrogen-bond donors (Lipinski definition) is 0. The molecule has 0 saturated carbocycles. The molecule has 0 unspecified atom stereocenters. The SMILES string of the molecule is CCc1ccc(N2C(=O)/C(=C\c3ccc(-c4ccc(Cl)c(Cl)c4)o3)SC2=S)cc1. The zero-order chi connectivity index (χ0) is 20.5. The maximum Gasteiger partial charge on any atom is 0.270 e. The summed E-state index contributed by atoms with van der Waals surface area (Å²) < 4.78 is 6.38. The lowest BCUT2D eigenvalue weighted by molar-refractivity contribution is -0.113. The fourth-order valence-electron chi connectivity index (χ4n) is 2.94. The Morgan fingerprint density at radius 2 is 1.83 bits per heavy atom. The standard InChI is InChI=1S/C22H15Cl2NO2S2/c1-2-13-3-6-15(7-4-13)25-21(26)20(29-22(25)28)12-16-8-10-19(27-16)14-5-9-17(23)18(24)11-14/h3-12H,2H2,1H3/b20-12+. The fraction of sp³-hybridized carbons (Fsp3) is 0.0909. The first-order valence-electron chi connectivity index (χ1n) is 8.88. The van der Waals surface area contributed by atoms with E-state index in [0.717, 1.165) is 17.7 Å². The summed E-state index contributed by atoms with van der Waals surface area (Å²) in [5.74, 6) is 1.05. The smallest absolute Gasteiger partial charge is 0.270 e. The Labute approximate surface area is 188 Å². The molecule has 0 N–H and O–H groups in total. The number of benzene rings is 2. The summed E-state index contributed by atoms with van der Waals surface area (Å²) in [6, 6.07) is 16.8. The number of hydrogen-bond acceptors (Lipinski definition) is 4. The van der Waals surface area contributed by atoms with Crippen LogP contribution in [0.15, 0.2) is 63.9 Å². The molecule has 0 spiro atoms. The van der Waals surface area contributed by atoms with E-state index in [-0.39, 0.29) is 5.91 Å². The molecule has 146 valence electrons. The van der Waals surface area contributed by atoms with Crippen molar-refractivity contribution in [2.45, 2.75) is 13.3 Å². The zero-order valence-corrected chi connectivity index (χ0v) is 18.5. The number of thiocarbonyl (C=S) groups is 1. The van der Waals surface area contributed by atoms with Gasteiger partial charge in [-0.15, -0.1) is 0 Å². The van der Waals surface area contributed by atoms with Crippen LogP contribution >= 0.6 is 47.2 Å². The summed E-state index contributed by atoms with van der Waals surface area (Å²) in [5, 5.41) is 0.940. The molecular formula is C22H15Cl2NO2S2. The van der Waals surface area contributed by atoms with Crippen molar-refractivity contribution in [3.05, 3.63) is 80.9 Å². The lowest BCUT2D eigenvalue weighted by Gasteiger charge is -2.14. The van der Waals surface area contributed by atoms with Crippen LogP contribution in [0.4, 0.5) is 5.69 Å². The Morgan fingerprint density at radius 3 is 2.52 bits per heavy atom. The van der Waals surface area contributed by atoms with Crippen molar-refractivity contribution in [3.63, 3.8) is 0 Å². The van der Waals surface area contributed by atoms with E-state index in [0.29, 0.717) is 30.8 Å². The molecule has 1 fully saturated rings. The molecule has 3 nitrogen and oxygen atoms in total. The van der Waals surface area contributed by atoms with Gasteiger partial charge in [-0.25, -0.2) is 0 Å². The zero-order valence-electron chi connectivity index (χ0n) is 15.3. The van der Waals surface area contributed by atoms with Crippen LogP contribution in [0.25, 0.3) is 17.4 Å². The van der Waals surface area contributed by atoms with Gasteiger partial charge in [0, 0.05) is 11.6 Å². The molecule has 3 aromatic rings. The first-order valence-corrected chi connectivity index (χ1v) is 10.9. The molecule has 1 saturated heterocycles. The van der Waals surface area contributed by atoms with Gasteiger partial charge in [0.2, 0.25) is 0 Å². The van der Waals surface area contributed by atoms with E-state index in [4.69, 9.17) is 39.8 Å². The summed E-state index contributed by atoms with van der Waals surface area (Å²) in [6.07, 6.45) is 2.65. The first-order chi connectivity index (χ1) is 14.0. The maximum atomic E-state index is 12.9. The van der Waals surface area contributed by atoms with E-state index < -0.39 is 0 Å². The minimum Gasteiger partial charge on any atom is -0.457 e. The second kappa shape index (κ2) is 8.36. The number of aryl methyl sites for hydroxylation is 1. The second-order valence-electron chi connectivity index (χ2n) is 6.37. The van der Waals surface area contributed by atoms with Crippen molar-refractivity contribution in [3.8, 4) is 11.3 Å². The summed E-state index contributed by atoms with van der Waals surface area (Å²) in [4.78, 5) is 15.0. The maximum absolute atomic E-state index is 12.9. The van der Waals surface area contributed by atoms with E-state index in [2.05, 4.69) is 6.92 Å². The van der Waals surface area contributed by atoms with Gasteiger partial charge in [-0.3, -0.25) is 9.69 Å². The normalized spacial score (nSPS) is 15.6. The minimum atomic E-state index is -0.156. The van der Waals surface area contributed by atoms with Crippen LogP contribution in [0.2, 0.25) is 10.0 Å². The molecule has 1 aromatic heterocycles. The van der Waals surface area contributed by atoms with E-state index >= 15 is 0 Å². The van der Waals surface area contributed by atoms with Crippen LogP contribution in [0, 0.1) is 0 Å². The average molecular weight is 460 g/mol. The number of halogens is 2. The van der Waals surface area contributed by atoms with Crippen molar-refractivity contribution in [2.75, 3.05) is 4.90 Å². The van der Waals surface area contributed by atoms with E-state index in [9.17, 15) is 4.79 Å². The number of thioether (sulfide) groups is 1. The number of carbonyl (C=O) groups excluding carboxylic acids is 1. The Balaban J connectivity index is 1.58. The molecule has 0 atom stereocenters. The molecule has 1 aliphatic heterocycles. The van der Waals surface area contributed by atoms with Gasteiger partial charge >= 0.3 is 0 Å². The lowest BCUT2D eigenvalue weighted by atomic mass is 10.1. The molecule has 2 heterocycles. The summed E-state index contributed by atoms with van der Waals surface area (Å²) >= 11 is 18.7. The molecule has 4 rings (SSSR count). The number of carbonyl (C=O) groups is 1. The highest BCUT2D eigenvalue weighted by atomic mass is 35.5. The number of rotatable bonds is 4. The number of anilines is 1. The highest BCUT2D eigenvalue weighted by molar-refractivity contribution is 8.27. The minimum absolute atomic E-state index is 0.156. The van der Waals surface area contributed by atoms with Gasteiger partial charge in [-0.05, 0) is 54.4 Å². The summed E-state index contributed by atoms with van der Waals surface area (Å²) in [7, 11) is 0. The number of furan rings is 1. The van der Waals surface area contributed by atoms with Crippen LogP contribution in [-0.4, -0.2) is 10.2 Å². The molecule has 0 aliphatic carbocycles. The van der Waals surface area contributed by atoms with Gasteiger partial charge in [0.15, 0.2) is 4.32 Å². The van der Waals surface area contributed by atoms with Crippen LogP contribution in [0.1, 0.15) is 18.2 Å². The van der Waals surface area contributed by atoms with Crippen molar-refractivity contribution in [2.24, 2.45) is 0 Å². The number of amides is 1. The van der Waals surface area contributed by atoms with Crippen molar-refractivity contribution < 1.29 is 9.21 Å². The molecule has 29 heavy (non-hydrogen) atoms. The average Bonchev–Trinajstić information content (AvgIpc) is 3.29. The van der Waals surface area contributed by atoms with Crippen molar-refractivity contribution in [1.29, 1.82) is 0 Å². The quantitative estimate of drug-likeness (QED) is 0.304. The van der Waals surface area contributed by atoms with Gasteiger partial charge in [0.1, 0.15) is 11.5 Å². The third-order valence-electron chi connectivity index (χ3n) is 4.50. The van der Waals surface area contributed by atoms with Gasteiger partial charge < -0.3 is 4.42 Å². The van der Waals surface area contributed by atoms with Gasteiger partial charge in [0.05, 0.1) is 20.6 Å². The van der Waals surface area contributed by atoms with E-state index in [1.165, 1.54) is 17.3 Å².